The van der Waals surface area contributed by atoms with Crippen molar-refractivity contribution in [3.63, 3.8) is 0 Å². The highest BCUT2D eigenvalue weighted by molar-refractivity contribution is 5.62. The van der Waals surface area contributed by atoms with Crippen LogP contribution in [0.2, 0.25) is 0 Å². The van der Waals surface area contributed by atoms with Crippen LogP contribution in [0, 0.1) is 0 Å². The number of rotatable bonds is 1. The first-order valence-electron chi connectivity index (χ1n) is 5.18. The Kier molecular flexibility index (Phi) is 4.78. The van der Waals surface area contributed by atoms with Gasteiger partial charge in [-0.15, -0.1) is 0 Å². The van der Waals surface area contributed by atoms with E-state index >= 15 is 0 Å². The van der Waals surface area contributed by atoms with E-state index in [1.807, 2.05) is 0 Å². The molecule has 90 valence electrons. The molecule has 6 heteroatoms. The first-order chi connectivity index (χ1) is 7.59. The first-order valence-corrected chi connectivity index (χ1v) is 5.18. The van der Waals surface area contributed by atoms with Crippen LogP contribution in [-0.2, 0) is 4.79 Å². The molecule has 0 atom stereocenters. The lowest BCUT2D eigenvalue weighted by atomic mass is 9.96. The van der Waals surface area contributed by atoms with E-state index in [4.69, 9.17) is 14.4 Å². The Hall–Kier alpha value is -1.56. The highest BCUT2D eigenvalue weighted by Crippen LogP contribution is 2.23. The zero-order valence-corrected chi connectivity index (χ0v) is 9.16. The fourth-order valence-electron chi connectivity index (χ4n) is 1.60. The van der Waals surface area contributed by atoms with E-state index in [2.05, 4.69) is 10.5 Å². The summed E-state index contributed by atoms with van der Waals surface area (Å²) in [5, 5.41) is 13.0. The summed E-state index contributed by atoms with van der Waals surface area (Å²) in [4.78, 5) is 19.8. The lowest BCUT2D eigenvalue weighted by Gasteiger charge is -2.19. The van der Waals surface area contributed by atoms with E-state index in [-0.39, 0.29) is 5.56 Å². The number of carboxylic acids is 1. The van der Waals surface area contributed by atoms with Crippen molar-refractivity contribution in [3.8, 4) is 0 Å². The molecule has 1 fully saturated rings. The molecule has 1 aromatic rings. The predicted octanol–water partition coefficient (Wildman–Crippen LogP) is 0.526. The Morgan fingerprint density at radius 3 is 2.50 bits per heavy atom. The molecule has 6 nitrogen and oxygen atoms in total. The fourth-order valence-corrected chi connectivity index (χ4v) is 1.60. The molecule has 0 bridgehead atoms. The van der Waals surface area contributed by atoms with Gasteiger partial charge in [-0.2, -0.15) is 5.16 Å². The monoisotopic (exact) mass is 228 g/mol. The van der Waals surface area contributed by atoms with Crippen LogP contribution in [0.3, 0.4) is 0 Å². The second kappa shape index (κ2) is 6.12. The minimum atomic E-state index is -0.833. The summed E-state index contributed by atoms with van der Waals surface area (Å²) in [6, 6.07) is 1.55. The molecule has 0 aromatic carbocycles. The van der Waals surface area contributed by atoms with Crippen LogP contribution in [0.4, 0.5) is 0 Å². The molecule has 2 rings (SSSR count). The van der Waals surface area contributed by atoms with Gasteiger partial charge in [-0.05, 0) is 25.9 Å². The molecule has 2 heterocycles. The van der Waals surface area contributed by atoms with E-state index in [9.17, 15) is 4.79 Å². The van der Waals surface area contributed by atoms with Crippen LogP contribution in [0.5, 0.6) is 0 Å². The lowest BCUT2D eigenvalue weighted by molar-refractivity contribution is -0.134. The molecular weight excluding hydrogens is 212 g/mol. The van der Waals surface area contributed by atoms with Gasteiger partial charge in [0, 0.05) is 18.9 Å². The molecule has 1 aliphatic rings. The average molecular weight is 228 g/mol. The number of aromatic amines is 1. The average Bonchev–Trinajstić information content (AvgIpc) is 2.65. The lowest BCUT2D eigenvalue weighted by Crippen LogP contribution is -2.26. The molecule has 0 unspecified atom stereocenters. The highest BCUT2D eigenvalue weighted by Gasteiger charge is 2.18. The predicted molar refractivity (Wildman–Crippen MR) is 57.5 cm³/mol. The Bertz CT molecular complexity index is 372. The van der Waals surface area contributed by atoms with E-state index in [1.165, 1.54) is 0 Å². The maximum Gasteiger partial charge on any atom is 0.300 e. The van der Waals surface area contributed by atoms with Crippen LogP contribution in [-0.4, -0.2) is 29.3 Å². The standard InChI is InChI=1S/C8H12N2O2.C2H4O2/c11-8-5-7(12-10-8)6-1-3-9-4-2-6;1-2(3)4/h5-6,9H,1-4H2,(H,10,11);1H3,(H,3,4). The number of carbonyl (C=O) groups is 1. The maximum absolute atomic E-state index is 10.8. The van der Waals surface area contributed by atoms with Gasteiger partial charge in [0.25, 0.3) is 11.5 Å². The van der Waals surface area contributed by atoms with Crippen molar-refractivity contribution in [2.24, 2.45) is 0 Å². The topological polar surface area (TPSA) is 95.3 Å². The summed E-state index contributed by atoms with van der Waals surface area (Å²) in [5.74, 6) is 0.395. The number of aromatic nitrogens is 1. The number of piperidine rings is 1. The number of hydrogen-bond donors (Lipinski definition) is 3. The van der Waals surface area contributed by atoms with Gasteiger partial charge in [-0.1, -0.05) is 0 Å². The third kappa shape index (κ3) is 4.31. The van der Waals surface area contributed by atoms with E-state index < -0.39 is 5.97 Å². The number of H-pyrrole nitrogens is 1. The Balaban J connectivity index is 0.000000280. The Labute approximate surface area is 92.6 Å². The van der Waals surface area contributed by atoms with Crippen molar-refractivity contribution in [3.05, 3.63) is 22.2 Å². The van der Waals surface area contributed by atoms with Gasteiger partial charge in [0.15, 0.2) is 0 Å². The SMILES string of the molecule is CC(=O)O.O=c1cc(C2CCNCC2)o[nH]1. The summed E-state index contributed by atoms with van der Waals surface area (Å²) in [7, 11) is 0. The van der Waals surface area contributed by atoms with Crippen molar-refractivity contribution in [1.29, 1.82) is 0 Å². The molecule has 16 heavy (non-hydrogen) atoms. The smallest absolute Gasteiger partial charge is 0.300 e. The maximum atomic E-state index is 10.8. The number of hydrogen-bond acceptors (Lipinski definition) is 4. The third-order valence-electron chi connectivity index (χ3n) is 2.28. The number of nitrogens with one attached hydrogen (secondary N) is 2. The first kappa shape index (κ1) is 12.5. The summed E-state index contributed by atoms with van der Waals surface area (Å²) in [6.45, 7) is 3.11. The molecule has 1 saturated heterocycles. The van der Waals surface area contributed by atoms with Crippen molar-refractivity contribution in [1.82, 2.24) is 10.5 Å². The molecular formula is C10H16N2O4. The molecule has 0 radical (unpaired) electrons. The Morgan fingerprint density at radius 2 is 2.06 bits per heavy atom. The van der Waals surface area contributed by atoms with Gasteiger partial charge >= 0.3 is 0 Å². The summed E-state index contributed by atoms with van der Waals surface area (Å²) >= 11 is 0. The quantitative estimate of drug-likeness (QED) is 0.651. The van der Waals surface area contributed by atoms with Gasteiger partial charge < -0.3 is 14.9 Å². The van der Waals surface area contributed by atoms with Crippen LogP contribution in [0.1, 0.15) is 31.4 Å². The normalized spacial score (nSPS) is 16.3. The molecule has 3 N–H and O–H groups in total. The molecule has 0 amide bonds. The number of carboxylic acid groups (broad SMARTS) is 1. The van der Waals surface area contributed by atoms with E-state index in [1.54, 1.807) is 6.07 Å². The molecule has 0 spiro atoms. The summed E-state index contributed by atoms with van der Waals surface area (Å²) in [5.41, 5.74) is -0.136. The van der Waals surface area contributed by atoms with E-state index in [0.717, 1.165) is 38.6 Å². The van der Waals surface area contributed by atoms with Crippen LogP contribution in [0.15, 0.2) is 15.4 Å². The molecule has 1 aliphatic heterocycles. The third-order valence-corrected chi connectivity index (χ3v) is 2.28. The van der Waals surface area contributed by atoms with Gasteiger partial charge in [0.1, 0.15) is 5.76 Å². The van der Waals surface area contributed by atoms with Gasteiger partial charge in [-0.3, -0.25) is 9.59 Å². The van der Waals surface area contributed by atoms with Gasteiger partial charge in [0.2, 0.25) is 0 Å². The van der Waals surface area contributed by atoms with Crippen molar-refractivity contribution >= 4 is 5.97 Å². The van der Waals surface area contributed by atoms with Crippen molar-refractivity contribution in [2.45, 2.75) is 25.7 Å². The van der Waals surface area contributed by atoms with Crippen LogP contribution < -0.4 is 10.9 Å². The van der Waals surface area contributed by atoms with E-state index in [0.29, 0.717) is 5.92 Å². The Morgan fingerprint density at radius 1 is 1.50 bits per heavy atom. The highest BCUT2D eigenvalue weighted by atomic mass is 16.5. The van der Waals surface area contributed by atoms with Gasteiger partial charge in [-0.25, -0.2) is 0 Å². The minimum Gasteiger partial charge on any atom is -0.481 e. The molecule has 0 saturated carbocycles. The van der Waals surface area contributed by atoms with Crippen LogP contribution >= 0.6 is 0 Å². The minimum absolute atomic E-state index is 0.136. The largest absolute Gasteiger partial charge is 0.481 e. The molecule has 1 aromatic heterocycles. The zero-order chi connectivity index (χ0) is 12.0. The van der Waals surface area contributed by atoms with Gasteiger partial charge in [0.05, 0.1) is 0 Å². The van der Waals surface area contributed by atoms with Crippen molar-refractivity contribution in [2.75, 3.05) is 13.1 Å². The second-order valence-electron chi connectivity index (χ2n) is 3.66. The van der Waals surface area contributed by atoms with Crippen molar-refractivity contribution < 1.29 is 14.4 Å². The second-order valence-corrected chi connectivity index (χ2v) is 3.66. The van der Waals surface area contributed by atoms with Crippen LogP contribution in [0.25, 0.3) is 0 Å². The summed E-state index contributed by atoms with van der Waals surface area (Å²) < 4.78 is 5.04. The number of aliphatic carboxylic acids is 1. The molecule has 0 aliphatic carbocycles. The fraction of sp³-hybridized carbons (Fsp3) is 0.600. The zero-order valence-electron chi connectivity index (χ0n) is 9.16. The summed E-state index contributed by atoms with van der Waals surface area (Å²) in [6.07, 6.45) is 2.11.